The predicted molar refractivity (Wildman–Crippen MR) is 225 cm³/mol. The summed E-state index contributed by atoms with van der Waals surface area (Å²) in [6.45, 7) is 7.76. The normalized spacial score (nSPS) is 22.4. The number of hydrogen-bond acceptors (Lipinski definition) is 14. The number of fused-ring (bicyclic) bond motifs is 2. The molecule has 63 heavy (non-hydrogen) atoms. The van der Waals surface area contributed by atoms with Crippen molar-refractivity contribution in [2.24, 2.45) is 0 Å². The van der Waals surface area contributed by atoms with Gasteiger partial charge in [0.2, 0.25) is 0 Å². The number of benzene rings is 2. The van der Waals surface area contributed by atoms with E-state index in [0.717, 1.165) is 0 Å². The van der Waals surface area contributed by atoms with E-state index in [9.17, 15) is 54.7 Å². The van der Waals surface area contributed by atoms with Crippen molar-refractivity contribution in [2.45, 2.75) is 127 Å². The van der Waals surface area contributed by atoms with Crippen LogP contribution in [0.5, 0.6) is 0 Å². The number of carbonyl (C=O) groups excluding carboxylic acids is 6. The van der Waals surface area contributed by atoms with Crippen LogP contribution in [0.4, 0.5) is 11.4 Å². The first-order chi connectivity index (χ1) is 29.5. The summed E-state index contributed by atoms with van der Waals surface area (Å²) in [5.41, 5.74) is 1.25. The lowest BCUT2D eigenvalue weighted by Crippen LogP contribution is -2.61. The maximum Gasteiger partial charge on any atom is 0.333 e. The summed E-state index contributed by atoms with van der Waals surface area (Å²) < 4.78 is 74.5. The van der Waals surface area contributed by atoms with Crippen LogP contribution >= 0.6 is 0 Å². The van der Waals surface area contributed by atoms with E-state index in [2.05, 4.69) is 0 Å². The summed E-state index contributed by atoms with van der Waals surface area (Å²) in [7, 11) is -9.68. The van der Waals surface area contributed by atoms with Crippen LogP contribution < -0.4 is 8.79 Å². The van der Waals surface area contributed by atoms with Gasteiger partial charge in [0.1, 0.15) is 6.04 Å². The van der Waals surface area contributed by atoms with Gasteiger partial charge in [0.25, 0.3) is 44.1 Å². The number of rotatable bonds is 18. The molecule has 2 aromatic carbocycles. The fraction of sp³-hybridized carbons (Fsp3) is 0.488. The highest BCUT2D eigenvalue weighted by molar-refractivity contribution is 7.86. The third-order valence-corrected chi connectivity index (χ3v) is 14.6. The lowest BCUT2D eigenvalue weighted by atomic mass is 9.80. The van der Waals surface area contributed by atoms with E-state index in [1.807, 2.05) is 32.6 Å². The van der Waals surface area contributed by atoms with Crippen LogP contribution in [-0.4, -0.2) is 90.8 Å². The number of hydrogen-bond donors (Lipinski definition) is 1. The topological polar surface area (TPSA) is 242 Å². The number of unbranched alkanes of at least 4 members (excludes halogenated alkanes) is 4. The molecule has 2 unspecified atom stereocenters. The molecule has 20 heteroatoms. The minimum Gasteiger partial charge on any atom is -0.701 e. The molecule has 1 N–H and O–H groups in total. The zero-order valence-corrected chi connectivity index (χ0v) is 37.2. The van der Waals surface area contributed by atoms with Crippen LogP contribution in [-0.2, 0) is 69.7 Å². The molecular weight excluding hydrogens is 861 g/mol. The molecule has 2 atom stereocenters. The minimum atomic E-state index is -5.13. The highest BCUT2D eigenvalue weighted by Crippen LogP contribution is 2.53. The largest absolute Gasteiger partial charge is 0.701 e. The van der Waals surface area contributed by atoms with Gasteiger partial charge < -0.3 is 19.1 Å². The van der Waals surface area contributed by atoms with E-state index in [0.29, 0.717) is 70.6 Å². The predicted octanol–water partition coefficient (Wildman–Crippen LogP) is 4.93. The SMILES string of the molecule is CC1(C)C(=CC=CC2C(C)(C)c3ccccc3[N+]2(CCCCCC(=O)ON2C(=O)CCC2=O)S(=O)(=O)[O-])N(CCCCCC(=O)ON2C(=O)CCC2=O)c2ccc(S(=O)(=O)O)cc21. The Labute approximate surface area is 366 Å². The van der Waals surface area contributed by atoms with E-state index >= 15 is 0 Å². The minimum absolute atomic E-state index is 0.0155. The lowest BCUT2D eigenvalue weighted by Gasteiger charge is -2.42. The molecule has 0 spiro atoms. The molecule has 2 aromatic rings. The summed E-state index contributed by atoms with van der Waals surface area (Å²) >= 11 is 0. The highest BCUT2D eigenvalue weighted by Gasteiger charge is 2.59. The van der Waals surface area contributed by atoms with Gasteiger partial charge >= 0.3 is 11.9 Å². The van der Waals surface area contributed by atoms with Crippen LogP contribution in [0.25, 0.3) is 0 Å². The molecule has 4 amide bonds. The molecule has 2 saturated heterocycles. The van der Waals surface area contributed by atoms with Crippen molar-refractivity contribution in [1.29, 1.82) is 0 Å². The molecule has 18 nitrogen and oxygen atoms in total. The van der Waals surface area contributed by atoms with Crippen molar-refractivity contribution in [3.05, 3.63) is 77.5 Å². The van der Waals surface area contributed by atoms with Crippen LogP contribution in [0.2, 0.25) is 0 Å². The van der Waals surface area contributed by atoms with Gasteiger partial charge in [0.15, 0.2) is 5.69 Å². The molecule has 0 aromatic heterocycles. The van der Waals surface area contributed by atoms with E-state index in [4.69, 9.17) is 9.68 Å². The molecule has 6 rings (SSSR count). The molecule has 0 bridgehead atoms. The highest BCUT2D eigenvalue weighted by atomic mass is 32.2. The van der Waals surface area contributed by atoms with E-state index in [1.165, 1.54) is 12.1 Å². The van der Waals surface area contributed by atoms with Crippen molar-refractivity contribution in [2.75, 3.05) is 18.0 Å². The second-order valence-corrected chi connectivity index (χ2v) is 20.1. The van der Waals surface area contributed by atoms with Crippen molar-refractivity contribution in [3.63, 3.8) is 0 Å². The third-order valence-electron chi connectivity index (χ3n) is 12.3. The molecular formula is C43H52N4O14S2. The van der Waals surface area contributed by atoms with Gasteiger partial charge in [0, 0.05) is 73.5 Å². The summed E-state index contributed by atoms with van der Waals surface area (Å²) in [5.74, 6) is -3.83. The number of nitrogens with zero attached hydrogens (tertiary/aromatic N) is 4. The van der Waals surface area contributed by atoms with Gasteiger partial charge in [-0.3, -0.25) is 23.7 Å². The Bertz CT molecular complexity index is 2470. The van der Waals surface area contributed by atoms with Crippen LogP contribution in [0.3, 0.4) is 0 Å². The van der Waals surface area contributed by atoms with Gasteiger partial charge in [0.05, 0.1) is 16.9 Å². The fourth-order valence-electron chi connectivity index (χ4n) is 9.12. The van der Waals surface area contributed by atoms with Gasteiger partial charge in [-0.25, -0.2) is 9.59 Å². The number of para-hydroxylation sites is 1. The standard InChI is InChI=1S/C43H52N4O14S2/c1-42(2)31-28-29(62(54,55)56)20-21-32(31)44(26-11-5-7-18-40(52)60-45-36(48)22-23-37(45)49)34(42)16-13-17-35-43(3,4)30-14-9-10-15-33(30)47(35,63(57,58)59)27-12-6-8-19-41(53)61-46-38(50)24-25-39(46)51/h9-10,13-17,20-21,28,35H,5-8,11-12,18-19,22-27H2,1-4H3,(H-,54,55,56,57,58,59). The Balaban J connectivity index is 1.23. The Kier molecular flexibility index (Phi) is 13.5. The third kappa shape index (κ3) is 9.36. The first-order valence-corrected chi connectivity index (χ1v) is 23.7. The summed E-state index contributed by atoms with van der Waals surface area (Å²) in [6, 6.07) is 10.3. The summed E-state index contributed by atoms with van der Waals surface area (Å²) in [5, 5.41) is 0.976. The number of imide groups is 2. The zero-order chi connectivity index (χ0) is 46.1. The Morgan fingerprint density at radius 2 is 1.32 bits per heavy atom. The second kappa shape index (κ2) is 18.1. The quantitative estimate of drug-likeness (QED) is 0.0902. The second-order valence-electron chi connectivity index (χ2n) is 17.2. The number of hydroxylamine groups is 4. The lowest BCUT2D eigenvalue weighted by molar-refractivity contribution is -0.197. The smallest absolute Gasteiger partial charge is 0.333 e. The number of amides is 4. The first kappa shape index (κ1) is 47.2. The first-order valence-electron chi connectivity index (χ1n) is 20.9. The Morgan fingerprint density at radius 3 is 1.86 bits per heavy atom. The molecule has 4 aliphatic rings. The van der Waals surface area contributed by atoms with Crippen molar-refractivity contribution in [1.82, 2.24) is 14.0 Å². The van der Waals surface area contributed by atoms with Crippen molar-refractivity contribution < 1.29 is 64.4 Å². The molecule has 4 heterocycles. The maximum absolute atomic E-state index is 13.7. The summed E-state index contributed by atoms with van der Waals surface area (Å²) in [4.78, 5) is 83.9. The zero-order valence-electron chi connectivity index (χ0n) is 35.6. The van der Waals surface area contributed by atoms with Crippen molar-refractivity contribution >= 4 is 67.4 Å². The van der Waals surface area contributed by atoms with Gasteiger partial charge in [-0.1, -0.05) is 44.5 Å². The summed E-state index contributed by atoms with van der Waals surface area (Å²) in [6.07, 6.45) is 7.12. The fourth-order valence-corrected chi connectivity index (χ4v) is 11.0. The van der Waals surface area contributed by atoms with E-state index < -0.39 is 76.7 Å². The molecule has 0 saturated carbocycles. The maximum atomic E-state index is 13.7. The Hall–Kier alpha value is -5.28. The van der Waals surface area contributed by atoms with Crippen molar-refractivity contribution in [3.8, 4) is 0 Å². The van der Waals surface area contributed by atoms with E-state index in [-0.39, 0.29) is 62.8 Å². The molecule has 0 aliphatic carbocycles. The Morgan fingerprint density at radius 1 is 0.778 bits per heavy atom. The number of carbonyl (C=O) groups is 6. The van der Waals surface area contributed by atoms with Gasteiger partial charge in [-0.15, -0.1) is 10.1 Å². The van der Waals surface area contributed by atoms with Crippen LogP contribution in [0, 0.1) is 0 Å². The number of allylic oxidation sites excluding steroid dienone is 3. The average molecular weight is 913 g/mol. The van der Waals surface area contributed by atoms with Gasteiger partial charge in [-0.2, -0.15) is 20.7 Å². The monoisotopic (exact) mass is 912 g/mol. The number of quaternary nitrogens is 1. The van der Waals surface area contributed by atoms with E-state index in [1.54, 1.807) is 48.6 Å². The molecule has 2 fully saturated rings. The van der Waals surface area contributed by atoms with Gasteiger partial charge in [-0.05, 0) is 81.9 Å². The number of anilines is 1. The molecule has 4 aliphatic heterocycles. The molecule has 0 radical (unpaired) electrons. The molecule has 340 valence electrons. The van der Waals surface area contributed by atoms with Crippen LogP contribution in [0.1, 0.15) is 116 Å². The van der Waals surface area contributed by atoms with Crippen LogP contribution in [0.15, 0.2) is 71.3 Å². The average Bonchev–Trinajstić information content (AvgIpc) is 3.83.